The molecule has 6 nitrogen and oxygen atoms in total. The topological polar surface area (TPSA) is 78.9 Å². The van der Waals surface area contributed by atoms with Crippen LogP contribution in [0.4, 0.5) is 11.6 Å². The number of aromatic nitrogens is 2. The Hall–Kier alpha value is -1.85. The lowest BCUT2D eigenvalue weighted by Crippen LogP contribution is -2.42. The molecule has 1 aliphatic heterocycles. The zero-order chi connectivity index (χ0) is 13.1. The summed E-state index contributed by atoms with van der Waals surface area (Å²) in [5.74, 6) is 2.53. The van der Waals surface area contributed by atoms with E-state index in [1.165, 1.54) is 0 Å². The predicted octanol–water partition coefficient (Wildman–Crippen LogP) is 0.826. The lowest BCUT2D eigenvalue weighted by atomic mass is 10.1. The highest BCUT2D eigenvalue weighted by Gasteiger charge is 2.19. The van der Waals surface area contributed by atoms with Gasteiger partial charge in [0.05, 0.1) is 0 Å². The molecule has 98 valence electrons. The molecule has 6 heteroatoms. The van der Waals surface area contributed by atoms with Gasteiger partial charge in [0.15, 0.2) is 0 Å². The highest BCUT2D eigenvalue weighted by atomic mass is 16.1. The maximum atomic E-state index is 11.1. The molecule has 0 spiro atoms. The first-order valence-corrected chi connectivity index (χ1v) is 6.16. The molecule has 1 aromatic rings. The molecule has 2 heterocycles. The summed E-state index contributed by atoms with van der Waals surface area (Å²) < 4.78 is 0. The summed E-state index contributed by atoms with van der Waals surface area (Å²) in [7, 11) is 1.85. The molecule has 1 unspecified atom stereocenters. The van der Waals surface area contributed by atoms with E-state index in [9.17, 15) is 4.79 Å². The zero-order valence-electron chi connectivity index (χ0n) is 11.0. The number of amides is 1. The zero-order valence-corrected chi connectivity index (χ0v) is 11.0. The standard InChI is InChI=1S/C12H19N5O/c1-7-11(13-3)15-8(2)16-12(7)17-9-4-5-10(18)14-6-9/h9H,4-6H2,1-3H3,(H,14,18)(H2,13,15,16,17). The van der Waals surface area contributed by atoms with Crippen LogP contribution in [0.5, 0.6) is 0 Å². The number of aryl methyl sites for hydroxylation is 1. The lowest BCUT2D eigenvalue weighted by molar-refractivity contribution is -0.122. The lowest BCUT2D eigenvalue weighted by Gasteiger charge is -2.25. The van der Waals surface area contributed by atoms with E-state index in [0.29, 0.717) is 13.0 Å². The quantitative estimate of drug-likeness (QED) is 0.739. The Labute approximate surface area is 107 Å². The van der Waals surface area contributed by atoms with Gasteiger partial charge in [0.2, 0.25) is 5.91 Å². The van der Waals surface area contributed by atoms with Gasteiger partial charge in [-0.15, -0.1) is 0 Å². The van der Waals surface area contributed by atoms with Crippen molar-refractivity contribution in [2.45, 2.75) is 32.7 Å². The number of carbonyl (C=O) groups is 1. The van der Waals surface area contributed by atoms with E-state index < -0.39 is 0 Å². The summed E-state index contributed by atoms with van der Waals surface area (Å²) in [6, 6.07) is 0.236. The van der Waals surface area contributed by atoms with Crippen molar-refractivity contribution in [2.24, 2.45) is 0 Å². The van der Waals surface area contributed by atoms with Crippen LogP contribution >= 0.6 is 0 Å². The number of nitrogens with zero attached hydrogens (tertiary/aromatic N) is 2. The van der Waals surface area contributed by atoms with E-state index in [4.69, 9.17) is 0 Å². The molecule has 1 atom stereocenters. The van der Waals surface area contributed by atoms with Crippen molar-refractivity contribution in [3.63, 3.8) is 0 Å². The molecule has 1 aromatic heterocycles. The molecule has 1 aliphatic rings. The van der Waals surface area contributed by atoms with Crippen molar-refractivity contribution in [1.29, 1.82) is 0 Å². The van der Waals surface area contributed by atoms with Crippen LogP contribution in [-0.2, 0) is 4.79 Å². The van der Waals surface area contributed by atoms with Gasteiger partial charge in [-0.2, -0.15) is 0 Å². The monoisotopic (exact) mass is 249 g/mol. The van der Waals surface area contributed by atoms with Crippen molar-refractivity contribution in [3.8, 4) is 0 Å². The third-order valence-corrected chi connectivity index (χ3v) is 3.10. The first-order chi connectivity index (χ1) is 8.60. The van der Waals surface area contributed by atoms with Gasteiger partial charge in [-0.3, -0.25) is 4.79 Å². The average molecular weight is 249 g/mol. The number of hydrogen-bond acceptors (Lipinski definition) is 5. The smallest absolute Gasteiger partial charge is 0.220 e. The number of nitrogens with one attached hydrogen (secondary N) is 3. The molecule has 18 heavy (non-hydrogen) atoms. The summed E-state index contributed by atoms with van der Waals surface area (Å²) in [4.78, 5) is 19.9. The molecule has 1 fully saturated rings. The Morgan fingerprint density at radius 1 is 1.28 bits per heavy atom. The molecular weight excluding hydrogens is 230 g/mol. The highest BCUT2D eigenvalue weighted by molar-refractivity contribution is 5.77. The largest absolute Gasteiger partial charge is 0.373 e. The van der Waals surface area contributed by atoms with Gasteiger partial charge in [-0.25, -0.2) is 9.97 Å². The van der Waals surface area contributed by atoms with E-state index in [1.807, 2.05) is 20.9 Å². The van der Waals surface area contributed by atoms with Crippen molar-refractivity contribution in [1.82, 2.24) is 15.3 Å². The summed E-state index contributed by atoms with van der Waals surface area (Å²) >= 11 is 0. The van der Waals surface area contributed by atoms with Gasteiger partial charge in [0, 0.05) is 31.6 Å². The molecule has 0 aromatic carbocycles. The Morgan fingerprint density at radius 2 is 2.00 bits per heavy atom. The van der Waals surface area contributed by atoms with Gasteiger partial charge >= 0.3 is 0 Å². The normalized spacial score (nSPS) is 19.3. The molecular formula is C12H19N5O. The minimum Gasteiger partial charge on any atom is -0.373 e. The van der Waals surface area contributed by atoms with E-state index in [2.05, 4.69) is 25.9 Å². The van der Waals surface area contributed by atoms with Crippen LogP contribution in [0.2, 0.25) is 0 Å². The molecule has 2 rings (SSSR count). The molecule has 1 amide bonds. The number of carbonyl (C=O) groups excluding carboxylic acids is 1. The van der Waals surface area contributed by atoms with Crippen molar-refractivity contribution < 1.29 is 4.79 Å². The highest BCUT2D eigenvalue weighted by Crippen LogP contribution is 2.21. The van der Waals surface area contributed by atoms with E-state index in [1.54, 1.807) is 0 Å². The van der Waals surface area contributed by atoms with Gasteiger partial charge in [-0.05, 0) is 20.3 Å². The summed E-state index contributed by atoms with van der Waals surface area (Å²) in [6.45, 7) is 4.50. The SMILES string of the molecule is CNc1nc(C)nc(NC2CCC(=O)NC2)c1C. The molecule has 0 bridgehead atoms. The molecule has 0 saturated carbocycles. The van der Waals surface area contributed by atoms with E-state index in [-0.39, 0.29) is 11.9 Å². The van der Waals surface area contributed by atoms with Crippen LogP contribution in [0, 0.1) is 13.8 Å². The Balaban J connectivity index is 2.13. The number of hydrogen-bond donors (Lipinski definition) is 3. The van der Waals surface area contributed by atoms with Crippen molar-refractivity contribution in [3.05, 3.63) is 11.4 Å². The maximum Gasteiger partial charge on any atom is 0.220 e. The van der Waals surface area contributed by atoms with Crippen LogP contribution in [0.3, 0.4) is 0 Å². The van der Waals surface area contributed by atoms with Gasteiger partial charge < -0.3 is 16.0 Å². The Bertz CT molecular complexity index is 450. The van der Waals surface area contributed by atoms with Crippen LogP contribution in [0.1, 0.15) is 24.2 Å². The Morgan fingerprint density at radius 3 is 2.61 bits per heavy atom. The molecule has 1 saturated heterocycles. The second kappa shape index (κ2) is 5.20. The summed E-state index contributed by atoms with van der Waals surface area (Å²) in [5.41, 5.74) is 1.00. The van der Waals surface area contributed by atoms with Crippen LogP contribution in [-0.4, -0.2) is 35.5 Å². The number of anilines is 2. The summed E-state index contributed by atoms with van der Waals surface area (Å²) in [5, 5.41) is 9.29. The number of rotatable bonds is 3. The fourth-order valence-electron chi connectivity index (χ4n) is 2.06. The second-order valence-electron chi connectivity index (χ2n) is 4.53. The van der Waals surface area contributed by atoms with E-state index in [0.717, 1.165) is 29.4 Å². The third kappa shape index (κ3) is 2.69. The predicted molar refractivity (Wildman–Crippen MR) is 70.7 cm³/mol. The third-order valence-electron chi connectivity index (χ3n) is 3.10. The van der Waals surface area contributed by atoms with E-state index >= 15 is 0 Å². The van der Waals surface area contributed by atoms with Crippen molar-refractivity contribution in [2.75, 3.05) is 24.2 Å². The first kappa shape index (κ1) is 12.6. The molecule has 0 radical (unpaired) electrons. The minimum absolute atomic E-state index is 0.125. The fourth-order valence-corrected chi connectivity index (χ4v) is 2.06. The minimum atomic E-state index is 0.125. The first-order valence-electron chi connectivity index (χ1n) is 6.16. The van der Waals surface area contributed by atoms with Gasteiger partial charge in [0.1, 0.15) is 17.5 Å². The Kier molecular flexibility index (Phi) is 3.64. The van der Waals surface area contributed by atoms with Crippen LogP contribution < -0.4 is 16.0 Å². The van der Waals surface area contributed by atoms with Gasteiger partial charge in [-0.1, -0.05) is 0 Å². The molecule has 0 aliphatic carbocycles. The fraction of sp³-hybridized carbons (Fsp3) is 0.583. The number of piperidine rings is 1. The summed E-state index contributed by atoms with van der Waals surface area (Å²) in [6.07, 6.45) is 1.41. The average Bonchev–Trinajstić information content (AvgIpc) is 2.36. The van der Waals surface area contributed by atoms with Crippen molar-refractivity contribution >= 4 is 17.5 Å². The maximum absolute atomic E-state index is 11.1. The van der Waals surface area contributed by atoms with Gasteiger partial charge in [0.25, 0.3) is 0 Å². The van der Waals surface area contributed by atoms with Crippen LogP contribution in [0.25, 0.3) is 0 Å². The molecule has 3 N–H and O–H groups in total. The van der Waals surface area contributed by atoms with Crippen LogP contribution in [0.15, 0.2) is 0 Å². The second-order valence-corrected chi connectivity index (χ2v) is 4.53.